The van der Waals surface area contributed by atoms with Crippen LogP contribution in [-0.2, 0) is 0 Å². The average Bonchev–Trinajstić information content (AvgIpc) is 3.16. The minimum atomic E-state index is -0.757. The van der Waals surface area contributed by atoms with Crippen molar-refractivity contribution < 1.29 is 9.90 Å². The molecule has 2 heterocycles. The van der Waals surface area contributed by atoms with Crippen molar-refractivity contribution in [1.82, 2.24) is 14.7 Å². The van der Waals surface area contributed by atoms with Gasteiger partial charge < -0.3 is 21.5 Å². The Labute approximate surface area is 180 Å². The summed E-state index contributed by atoms with van der Waals surface area (Å²) in [5.74, 6) is -0.444. The molecule has 8 heteroatoms. The van der Waals surface area contributed by atoms with Crippen LogP contribution in [0.1, 0.15) is 46.5 Å². The highest BCUT2D eigenvalue weighted by Crippen LogP contribution is 2.33. The first-order valence-electron chi connectivity index (χ1n) is 10.2. The number of anilines is 1. The van der Waals surface area contributed by atoms with Crippen molar-refractivity contribution in [3.05, 3.63) is 71.3 Å². The van der Waals surface area contributed by atoms with E-state index in [1.165, 1.54) is 0 Å². The van der Waals surface area contributed by atoms with Gasteiger partial charge in [0.2, 0.25) is 0 Å². The lowest BCUT2D eigenvalue weighted by atomic mass is 9.99. The monoisotopic (exact) mass is 416 g/mol. The maximum absolute atomic E-state index is 12.2. The Morgan fingerprint density at radius 1 is 1.16 bits per heavy atom. The molecule has 5 N–H and O–H groups in total. The Kier molecular flexibility index (Phi) is 5.60. The number of hydrogen-bond acceptors (Lipinski definition) is 6. The summed E-state index contributed by atoms with van der Waals surface area (Å²) in [6, 6.07) is 16.4. The highest BCUT2D eigenvalue weighted by Gasteiger charge is 2.28. The minimum Gasteiger partial charge on any atom is -0.384 e. The quantitative estimate of drug-likeness (QED) is 0.547. The molecule has 0 spiro atoms. The summed E-state index contributed by atoms with van der Waals surface area (Å²) in [5.41, 5.74) is 14.7. The molecular formula is C23H24N6O2. The fourth-order valence-electron chi connectivity index (χ4n) is 4.07. The van der Waals surface area contributed by atoms with Gasteiger partial charge in [-0.3, -0.25) is 4.79 Å². The summed E-state index contributed by atoms with van der Waals surface area (Å²) >= 11 is 0. The first-order chi connectivity index (χ1) is 15.0. The molecule has 8 nitrogen and oxygen atoms in total. The van der Waals surface area contributed by atoms with Crippen LogP contribution >= 0.6 is 0 Å². The van der Waals surface area contributed by atoms with Crippen molar-refractivity contribution in [2.45, 2.75) is 25.0 Å². The van der Waals surface area contributed by atoms with Crippen molar-refractivity contribution >= 4 is 11.7 Å². The van der Waals surface area contributed by atoms with Gasteiger partial charge >= 0.3 is 0 Å². The predicted molar refractivity (Wildman–Crippen MR) is 117 cm³/mol. The van der Waals surface area contributed by atoms with E-state index in [0.717, 1.165) is 24.0 Å². The summed E-state index contributed by atoms with van der Waals surface area (Å²) in [4.78, 5) is 13.8. The molecule has 2 aromatic carbocycles. The molecule has 1 fully saturated rings. The number of aliphatic hydroxyl groups excluding tert-OH is 1. The average molecular weight is 416 g/mol. The highest BCUT2D eigenvalue weighted by atomic mass is 16.3. The molecule has 31 heavy (non-hydrogen) atoms. The Balaban J connectivity index is 1.67. The number of carbonyl (C=O) groups is 1. The summed E-state index contributed by atoms with van der Waals surface area (Å²) in [6.07, 6.45) is 3.06. The number of rotatable bonds is 5. The number of aromatic nitrogens is 2. The van der Waals surface area contributed by atoms with Crippen molar-refractivity contribution in [3.63, 3.8) is 0 Å². The number of likely N-dealkylation sites (tertiary alicyclic amines) is 1. The fraction of sp³-hybridized carbons (Fsp3) is 0.261. The first-order valence-corrected chi connectivity index (χ1v) is 10.2. The molecule has 0 aliphatic carbocycles. The second kappa shape index (κ2) is 8.50. The molecule has 1 aliphatic rings. The molecular weight excluding hydrogens is 392 g/mol. The number of nitrogen functional groups attached to an aromatic ring is 1. The van der Waals surface area contributed by atoms with Crippen molar-refractivity contribution in [3.8, 4) is 17.5 Å². The van der Waals surface area contributed by atoms with E-state index in [0.29, 0.717) is 24.3 Å². The van der Waals surface area contributed by atoms with Crippen molar-refractivity contribution in [2.75, 3.05) is 18.8 Å². The van der Waals surface area contributed by atoms with Crippen LogP contribution in [0.4, 0.5) is 5.82 Å². The van der Waals surface area contributed by atoms with Gasteiger partial charge in [0.1, 0.15) is 23.2 Å². The first kappa shape index (κ1) is 20.4. The number of nitrogens with zero attached hydrogens (tertiary/aromatic N) is 4. The van der Waals surface area contributed by atoms with Gasteiger partial charge in [0, 0.05) is 12.1 Å². The molecule has 2 atom stereocenters. The maximum atomic E-state index is 12.2. The van der Waals surface area contributed by atoms with Gasteiger partial charge in [-0.2, -0.15) is 10.4 Å². The zero-order valence-electron chi connectivity index (χ0n) is 17.0. The Morgan fingerprint density at radius 3 is 2.48 bits per heavy atom. The van der Waals surface area contributed by atoms with E-state index in [4.69, 9.17) is 11.5 Å². The van der Waals surface area contributed by atoms with Gasteiger partial charge in [0.15, 0.2) is 6.19 Å². The SMILES string of the molecule is N#CN1CCCC(n2nc(-c3ccc(C(O)c4ccccc4)cc3)c(C(N)=O)c2N)C1. The third-order valence-corrected chi connectivity index (χ3v) is 5.69. The minimum absolute atomic E-state index is 0.112. The van der Waals surface area contributed by atoms with Crippen LogP contribution in [0.5, 0.6) is 0 Å². The number of nitriles is 1. The number of piperidine rings is 1. The Hall–Kier alpha value is -3.83. The summed E-state index contributed by atoms with van der Waals surface area (Å²) in [7, 11) is 0. The van der Waals surface area contributed by atoms with E-state index in [1.807, 2.05) is 30.3 Å². The number of carbonyl (C=O) groups excluding carboxylic acids is 1. The number of hydrogen-bond donors (Lipinski definition) is 3. The van der Waals surface area contributed by atoms with Crippen molar-refractivity contribution in [1.29, 1.82) is 5.26 Å². The lowest BCUT2D eigenvalue weighted by molar-refractivity contribution is 0.100. The standard InChI is InChI=1S/C23H24N6O2/c24-14-28-12-4-7-18(13-28)29-22(25)19(23(26)31)20(27-29)15-8-10-17(11-9-15)21(30)16-5-2-1-3-6-16/h1-3,5-6,8-11,18,21,30H,4,7,12-13,25H2,(H2,26,31). The second-order valence-electron chi connectivity index (χ2n) is 7.69. The van der Waals surface area contributed by atoms with E-state index in [1.54, 1.807) is 33.8 Å². The molecule has 1 saturated heterocycles. The van der Waals surface area contributed by atoms with Crippen LogP contribution in [0.15, 0.2) is 54.6 Å². The molecule has 3 aromatic rings. The molecule has 1 aromatic heterocycles. The molecule has 2 unspecified atom stereocenters. The van der Waals surface area contributed by atoms with E-state index in [9.17, 15) is 15.2 Å². The predicted octanol–water partition coefficient (Wildman–Crippen LogP) is 2.43. The lowest BCUT2D eigenvalue weighted by Gasteiger charge is -2.29. The van der Waals surface area contributed by atoms with E-state index >= 15 is 0 Å². The maximum Gasteiger partial charge on any atom is 0.254 e. The molecule has 1 amide bonds. The third-order valence-electron chi connectivity index (χ3n) is 5.69. The zero-order valence-corrected chi connectivity index (χ0v) is 17.0. The van der Waals surface area contributed by atoms with Crippen LogP contribution in [0.25, 0.3) is 11.3 Å². The zero-order chi connectivity index (χ0) is 22.0. The molecule has 4 rings (SSSR count). The Bertz CT molecular complexity index is 1120. The van der Waals surface area contributed by atoms with Crippen LogP contribution in [-0.4, -0.2) is 38.8 Å². The van der Waals surface area contributed by atoms with Gasteiger partial charge in [0.25, 0.3) is 5.91 Å². The summed E-state index contributed by atoms with van der Waals surface area (Å²) < 4.78 is 1.62. The van der Waals surface area contributed by atoms with Crippen LogP contribution in [0.2, 0.25) is 0 Å². The normalized spacial score (nSPS) is 17.2. The third kappa shape index (κ3) is 3.96. The highest BCUT2D eigenvalue weighted by molar-refractivity contribution is 6.03. The molecule has 1 aliphatic heterocycles. The van der Waals surface area contributed by atoms with Crippen LogP contribution in [0.3, 0.4) is 0 Å². The van der Waals surface area contributed by atoms with Gasteiger partial charge in [0.05, 0.1) is 12.6 Å². The number of primary amides is 1. The summed E-state index contributed by atoms with van der Waals surface area (Å²) in [5, 5.41) is 24.5. The van der Waals surface area contributed by atoms with E-state index in [2.05, 4.69) is 11.3 Å². The molecule has 0 bridgehead atoms. The van der Waals surface area contributed by atoms with Gasteiger partial charge in [-0.1, -0.05) is 54.6 Å². The smallest absolute Gasteiger partial charge is 0.254 e. The van der Waals surface area contributed by atoms with E-state index in [-0.39, 0.29) is 17.4 Å². The number of nitrogens with two attached hydrogens (primary N) is 2. The van der Waals surface area contributed by atoms with Gasteiger partial charge in [-0.15, -0.1) is 0 Å². The van der Waals surface area contributed by atoms with Gasteiger partial charge in [-0.25, -0.2) is 4.68 Å². The number of benzene rings is 2. The van der Waals surface area contributed by atoms with Crippen LogP contribution in [0, 0.1) is 11.5 Å². The van der Waals surface area contributed by atoms with Gasteiger partial charge in [-0.05, 0) is 24.0 Å². The largest absolute Gasteiger partial charge is 0.384 e. The van der Waals surface area contributed by atoms with E-state index < -0.39 is 12.0 Å². The number of amides is 1. The molecule has 158 valence electrons. The second-order valence-corrected chi connectivity index (χ2v) is 7.69. The molecule has 0 radical (unpaired) electrons. The lowest BCUT2D eigenvalue weighted by Crippen LogP contribution is -2.34. The topological polar surface area (TPSA) is 134 Å². The fourth-order valence-corrected chi connectivity index (χ4v) is 4.07. The van der Waals surface area contributed by atoms with Crippen molar-refractivity contribution in [2.24, 2.45) is 5.73 Å². The number of aliphatic hydroxyl groups is 1. The van der Waals surface area contributed by atoms with Crippen LogP contribution < -0.4 is 11.5 Å². The summed E-state index contributed by atoms with van der Waals surface area (Å²) in [6.45, 7) is 1.19. The molecule has 0 saturated carbocycles. The Morgan fingerprint density at radius 2 is 1.84 bits per heavy atom.